The number of fused-ring (bicyclic) bond motifs is 1. The zero-order chi connectivity index (χ0) is 14.1. The van der Waals surface area contributed by atoms with Crippen molar-refractivity contribution in [3.63, 3.8) is 0 Å². The summed E-state index contributed by atoms with van der Waals surface area (Å²) in [4.78, 5) is 15.8. The van der Waals surface area contributed by atoms with E-state index in [2.05, 4.69) is 17.0 Å². The van der Waals surface area contributed by atoms with Gasteiger partial charge >= 0.3 is 0 Å². The van der Waals surface area contributed by atoms with Gasteiger partial charge in [-0.2, -0.15) is 5.10 Å². The number of aromatic nitrogens is 3. The van der Waals surface area contributed by atoms with Gasteiger partial charge in [0.15, 0.2) is 5.69 Å². The summed E-state index contributed by atoms with van der Waals surface area (Å²) >= 11 is 1.58. The molecule has 0 unspecified atom stereocenters. The Morgan fingerprint density at radius 3 is 2.95 bits per heavy atom. The van der Waals surface area contributed by atoms with Crippen molar-refractivity contribution in [2.75, 3.05) is 0 Å². The number of nitrogens with zero attached hydrogens (tertiary/aromatic N) is 3. The van der Waals surface area contributed by atoms with Crippen LogP contribution in [-0.2, 0) is 6.54 Å². The molecule has 0 aliphatic rings. The molecule has 3 aromatic rings. The molecule has 102 valence electrons. The monoisotopic (exact) mass is 286 g/mol. The number of carbonyl (C=O) groups is 1. The molecule has 6 heteroatoms. The molecule has 2 aromatic heterocycles. The SMILES string of the molecule is CCCn1nc(C(N)=O)c2ccc(-c3nccs3)cc21. The van der Waals surface area contributed by atoms with Crippen molar-refractivity contribution in [3.05, 3.63) is 35.5 Å². The van der Waals surface area contributed by atoms with Crippen LogP contribution in [0.1, 0.15) is 23.8 Å². The number of benzene rings is 1. The van der Waals surface area contributed by atoms with Crippen LogP contribution in [0.15, 0.2) is 29.8 Å². The summed E-state index contributed by atoms with van der Waals surface area (Å²) in [5.41, 5.74) is 7.68. The Balaban J connectivity index is 2.21. The van der Waals surface area contributed by atoms with Crippen LogP contribution >= 0.6 is 11.3 Å². The van der Waals surface area contributed by atoms with Crippen LogP contribution in [0.25, 0.3) is 21.5 Å². The molecule has 0 fully saturated rings. The van der Waals surface area contributed by atoms with Crippen molar-refractivity contribution < 1.29 is 4.79 Å². The number of hydrogen-bond acceptors (Lipinski definition) is 4. The average Bonchev–Trinajstić information content (AvgIpc) is 3.06. The van der Waals surface area contributed by atoms with Gasteiger partial charge in [-0.1, -0.05) is 13.0 Å². The number of amides is 1. The predicted octanol–water partition coefficient (Wildman–Crippen LogP) is 2.67. The highest BCUT2D eigenvalue weighted by Crippen LogP contribution is 2.27. The summed E-state index contributed by atoms with van der Waals surface area (Å²) in [5, 5.41) is 8.02. The van der Waals surface area contributed by atoms with Gasteiger partial charge in [0.05, 0.1) is 5.52 Å². The lowest BCUT2D eigenvalue weighted by Crippen LogP contribution is -2.12. The minimum atomic E-state index is -0.494. The number of primary amides is 1. The van der Waals surface area contributed by atoms with E-state index >= 15 is 0 Å². The molecule has 0 bridgehead atoms. The molecule has 0 spiro atoms. The van der Waals surface area contributed by atoms with E-state index in [0.717, 1.165) is 34.4 Å². The molecule has 5 nitrogen and oxygen atoms in total. The van der Waals surface area contributed by atoms with Gasteiger partial charge in [-0.25, -0.2) is 4.98 Å². The zero-order valence-electron chi connectivity index (χ0n) is 11.0. The Hall–Kier alpha value is -2.21. The topological polar surface area (TPSA) is 73.8 Å². The fraction of sp³-hybridized carbons (Fsp3) is 0.214. The van der Waals surface area contributed by atoms with Gasteiger partial charge in [0, 0.05) is 29.1 Å². The molecule has 1 aromatic carbocycles. The van der Waals surface area contributed by atoms with Crippen molar-refractivity contribution in [1.82, 2.24) is 14.8 Å². The van der Waals surface area contributed by atoms with Crippen LogP contribution in [0.3, 0.4) is 0 Å². The second-order valence-corrected chi connectivity index (χ2v) is 5.40. The van der Waals surface area contributed by atoms with Gasteiger partial charge in [0.1, 0.15) is 5.01 Å². The van der Waals surface area contributed by atoms with Gasteiger partial charge in [-0.3, -0.25) is 9.48 Å². The fourth-order valence-electron chi connectivity index (χ4n) is 2.24. The molecule has 3 rings (SSSR count). The zero-order valence-corrected chi connectivity index (χ0v) is 11.9. The summed E-state index contributed by atoms with van der Waals surface area (Å²) in [6, 6.07) is 5.86. The quantitative estimate of drug-likeness (QED) is 0.801. The number of nitrogens with two attached hydrogens (primary N) is 1. The molecular formula is C14H14N4OS. The van der Waals surface area contributed by atoms with Gasteiger partial charge in [-0.15, -0.1) is 11.3 Å². The Morgan fingerprint density at radius 1 is 1.45 bits per heavy atom. The van der Waals surface area contributed by atoms with Crippen LogP contribution < -0.4 is 5.73 Å². The molecular weight excluding hydrogens is 272 g/mol. The summed E-state index contributed by atoms with van der Waals surface area (Å²) < 4.78 is 1.84. The molecule has 0 radical (unpaired) electrons. The maximum absolute atomic E-state index is 11.5. The molecule has 2 N–H and O–H groups in total. The van der Waals surface area contributed by atoms with E-state index in [1.807, 2.05) is 28.3 Å². The van der Waals surface area contributed by atoms with Gasteiger partial charge in [-0.05, 0) is 18.6 Å². The van der Waals surface area contributed by atoms with Crippen molar-refractivity contribution in [2.45, 2.75) is 19.9 Å². The molecule has 1 amide bonds. The van der Waals surface area contributed by atoms with Crippen LogP contribution in [0, 0.1) is 0 Å². The first-order valence-corrected chi connectivity index (χ1v) is 7.29. The lowest BCUT2D eigenvalue weighted by molar-refractivity contribution is 0.0996. The number of hydrogen-bond donors (Lipinski definition) is 1. The minimum Gasteiger partial charge on any atom is -0.364 e. The molecule has 20 heavy (non-hydrogen) atoms. The number of thiazole rings is 1. The summed E-state index contributed by atoms with van der Waals surface area (Å²) in [6.45, 7) is 2.83. The van der Waals surface area contributed by atoms with E-state index in [-0.39, 0.29) is 0 Å². The van der Waals surface area contributed by atoms with Crippen LogP contribution in [-0.4, -0.2) is 20.7 Å². The van der Waals surface area contributed by atoms with Gasteiger partial charge in [0.25, 0.3) is 5.91 Å². The second kappa shape index (κ2) is 5.05. The molecule has 0 aliphatic carbocycles. The standard InChI is InChI=1S/C14H14N4OS/c1-2-6-18-11-8-9(14-16-5-7-20-14)3-4-10(11)12(17-18)13(15)19/h3-5,7-8H,2,6H2,1H3,(H2,15,19). The predicted molar refractivity (Wildman–Crippen MR) is 79.6 cm³/mol. The third-order valence-electron chi connectivity index (χ3n) is 3.10. The maximum Gasteiger partial charge on any atom is 0.269 e. The Labute approximate surface area is 120 Å². The van der Waals surface area contributed by atoms with E-state index in [1.54, 1.807) is 17.5 Å². The van der Waals surface area contributed by atoms with Crippen LogP contribution in [0.4, 0.5) is 0 Å². The first-order valence-electron chi connectivity index (χ1n) is 6.41. The molecule has 0 atom stereocenters. The highest BCUT2D eigenvalue weighted by molar-refractivity contribution is 7.13. The highest BCUT2D eigenvalue weighted by atomic mass is 32.1. The first kappa shape index (κ1) is 12.8. The molecule has 2 heterocycles. The Morgan fingerprint density at radius 2 is 2.30 bits per heavy atom. The summed E-state index contributed by atoms with van der Waals surface area (Å²) in [5.74, 6) is -0.494. The van der Waals surface area contributed by atoms with Crippen molar-refractivity contribution in [2.24, 2.45) is 5.73 Å². The van der Waals surface area contributed by atoms with Crippen LogP contribution in [0.2, 0.25) is 0 Å². The normalized spacial score (nSPS) is 11.1. The summed E-state index contributed by atoms with van der Waals surface area (Å²) in [6.07, 6.45) is 2.72. The van der Waals surface area contributed by atoms with E-state index in [4.69, 9.17) is 5.73 Å². The van der Waals surface area contributed by atoms with Crippen molar-refractivity contribution >= 4 is 28.1 Å². The summed E-state index contributed by atoms with van der Waals surface area (Å²) in [7, 11) is 0. The first-order chi connectivity index (χ1) is 9.70. The minimum absolute atomic E-state index is 0.333. The third kappa shape index (κ3) is 2.08. The lowest BCUT2D eigenvalue weighted by Gasteiger charge is -2.02. The molecule has 0 saturated carbocycles. The Bertz CT molecular complexity index is 761. The van der Waals surface area contributed by atoms with E-state index in [9.17, 15) is 4.79 Å². The second-order valence-electron chi connectivity index (χ2n) is 4.51. The highest BCUT2D eigenvalue weighted by Gasteiger charge is 2.15. The van der Waals surface area contributed by atoms with Crippen molar-refractivity contribution in [1.29, 1.82) is 0 Å². The van der Waals surface area contributed by atoms with Crippen molar-refractivity contribution in [3.8, 4) is 10.6 Å². The molecule has 0 aliphatic heterocycles. The Kier molecular flexibility index (Phi) is 3.23. The van der Waals surface area contributed by atoms with Gasteiger partial charge < -0.3 is 5.73 Å². The number of carbonyl (C=O) groups excluding carboxylic acids is 1. The van der Waals surface area contributed by atoms with E-state index in [1.165, 1.54) is 0 Å². The lowest BCUT2D eigenvalue weighted by atomic mass is 10.1. The van der Waals surface area contributed by atoms with E-state index < -0.39 is 5.91 Å². The van der Waals surface area contributed by atoms with Crippen LogP contribution in [0.5, 0.6) is 0 Å². The van der Waals surface area contributed by atoms with E-state index in [0.29, 0.717) is 5.69 Å². The smallest absolute Gasteiger partial charge is 0.269 e. The number of rotatable bonds is 4. The number of aryl methyl sites for hydroxylation is 1. The average molecular weight is 286 g/mol. The largest absolute Gasteiger partial charge is 0.364 e. The molecule has 0 saturated heterocycles. The third-order valence-corrected chi connectivity index (χ3v) is 3.92. The van der Waals surface area contributed by atoms with Gasteiger partial charge in [0.2, 0.25) is 0 Å². The maximum atomic E-state index is 11.5. The fourth-order valence-corrected chi connectivity index (χ4v) is 2.87.